The van der Waals surface area contributed by atoms with Crippen molar-refractivity contribution in [2.45, 2.75) is 26.8 Å². The third kappa shape index (κ3) is 3.67. The Labute approximate surface area is 163 Å². The van der Waals surface area contributed by atoms with Gasteiger partial charge in [-0.25, -0.2) is 9.97 Å². The molecule has 28 heavy (non-hydrogen) atoms. The molecule has 0 saturated heterocycles. The van der Waals surface area contributed by atoms with Crippen LogP contribution in [0, 0.1) is 13.8 Å². The highest BCUT2D eigenvalue weighted by Gasteiger charge is 2.14. The first-order valence-electron chi connectivity index (χ1n) is 9.32. The molecule has 0 unspecified atom stereocenters. The third-order valence-electron chi connectivity index (χ3n) is 4.74. The zero-order chi connectivity index (χ0) is 19.5. The Hall–Kier alpha value is -3.41. The number of fused-ring (bicyclic) bond motifs is 1. The van der Waals surface area contributed by atoms with Crippen molar-refractivity contribution in [3.63, 3.8) is 0 Å². The van der Waals surface area contributed by atoms with Crippen molar-refractivity contribution in [1.29, 1.82) is 0 Å². The van der Waals surface area contributed by atoms with E-state index in [2.05, 4.69) is 19.9 Å². The van der Waals surface area contributed by atoms with E-state index < -0.39 is 0 Å². The molecule has 2 aromatic heterocycles. The Balaban J connectivity index is 1.37. The molecule has 0 aliphatic carbocycles. The number of carbonyl (C=O) groups excluding carboxylic acids is 1. The molecule has 0 spiro atoms. The number of nitrogens with one attached hydrogen (secondary N) is 1. The Morgan fingerprint density at radius 2 is 1.79 bits per heavy atom. The number of hydrogen-bond acceptors (Lipinski definition) is 4. The van der Waals surface area contributed by atoms with Gasteiger partial charge in [-0.3, -0.25) is 4.79 Å². The molecule has 0 atom stereocenters. The molecule has 0 aliphatic heterocycles. The molecule has 1 N–H and O–H groups in total. The predicted octanol–water partition coefficient (Wildman–Crippen LogP) is 3.67. The van der Waals surface area contributed by atoms with Gasteiger partial charge >= 0.3 is 0 Å². The van der Waals surface area contributed by atoms with Crippen molar-refractivity contribution in [1.82, 2.24) is 19.9 Å². The van der Waals surface area contributed by atoms with E-state index >= 15 is 0 Å². The van der Waals surface area contributed by atoms with E-state index in [1.807, 2.05) is 68.4 Å². The summed E-state index contributed by atoms with van der Waals surface area (Å²) in [5.41, 5.74) is 3.62. The first kappa shape index (κ1) is 18.0. The summed E-state index contributed by atoms with van der Waals surface area (Å²) in [4.78, 5) is 21.4. The quantitative estimate of drug-likeness (QED) is 0.559. The van der Waals surface area contributed by atoms with Crippen LogP contribution in [-0.4, -0.2) is 27.0 Å². The Morgan fingerprint density at radius 1 is 1.04 bits per heavy atom. The van der Waals surface area contributed by atoms with E-state index in [1.54, 1.807) is 0 Å². The average Bonchev–Trinajstić information content (AvgIpc) is 3.22. The van der Waals surface area contributed by atoms with Gasteiger partial charge in [0, 0.05) is 18.7 Å². The summed E-state index contributed by atoms with van der Waals surface area (Å²) in [7, 11) is 0. The highest BCUT2D eigenvalue weighted by Crippen LogP contribution is 2.21. The topological polar surface area (TPSA) is 73.0 Å². The average molecular weight is 374 g/mol. The molecule has 0 bridgehead atoms. The van der Waals surface area contributed by atoms with Crippen molar-refractivity contribution < 1.29 is 9.21 Å². The molecule has 142 valence electrons. The van der Waals surface area contributed by atoms with Crippen LogP contribution in [0.2, 0.25) is 0 Å². The van der Waals surface area contributed by atoms with Gasteiger partial charge in [0.2, 0.25) is 11.8 Å². The van der Waals surface area contributed by atoms with Gasteiger partial charge in [0.25, 0.3) is 0 Å². The Kier molecular flexibility index (Phi) is 4.93. The summed E-state index contributed by atoms with van der Waals surface area (Å²) in [5, 5.41) is 2.97. The van der Waals surface area contributed by atoms with Gasteiger partial charge in [-0.1, -0.05) is 30.3 Å². The number of aromatic nitrogens is 3. The second-order valence-corrected chi connectivity index (χ2v) is 6.71. The second-order valence-electron chi connectivity index (χ2n) is 6.71. The van der Waals surface area contributed by atoms with E-state index in [0.717, 1.165) is 22.4 Å². The normalized spacial score (nSPS) is 11.1. The fourth-order valence-corrected chi connectivity index (χ4v) is 3.30. The summed E-state index contributed by atoms with van der Waals surface area (Å²) >= 11 is 0. The molecule has 2 aromatic carbocycles. The van der Waals surface area contributed by atoms with Crippen LogP contribution >= 0.6 is 0 Å². The lowest BCUT2D eigenvalue weighted by atomic mass is 10.2. The highest BCUT2D eigenvalue weighted by atomic mass is 16.4. The maximum absolute atomic E-state index is 12.4. The lowest BCUT2D eigenvalue weighted by Gasteiger charge is -2.08. The van der Waals surface area contributed by atoms with Gasteiger partial charge in [0.1, 0.15) is 11.6 Å². The summed E-state index contributed by atoms with van der Waals surface area (Å²) < 4.78 is 7.84. The standard InChI is InChI=1S/C22H22N4O2/c1-15-19(25-22(28-15)17-8-4-3-5-9-17)14-21(27)23-12-13-26-16(2)24-18-10-6-7-11-20(18)26/h3-11H,12-14H2,1-2H3,(H,23,27). The van der Waals surface area contributed by atoms with Gasteiger partial charge in [-0.05, 0) is 38.1 Å². The number of amides is 1. The van der Waals surface area contributed by atoms with E-state index in [9.17, 15) is 4.79 Å². The van der Waals surface area contributed by atoms with Crippen molar-refractivity contribution in [2.24, 2.45) is 0 Å². The maximum Gasteiger partial charge on any atom is 0.226 e. The number of benzene rings is 2. The lowest BCUT2D eigenvalue weighted by Crippen LogP contribution is -2.29. The highest BCUT2D eigenvalue weighted by molar-refractivity contribution is 5.78. The number of aryl methyl sites for hydroxylation is 2. The van der Waals surface area contributed by atoms with E-state index in [-0.39, 0.29) is 12.3 Å². The largest absolute Gasteiger partial charge is 0.441 e. The second kappa shape index (κ2) is 7.68. The van der Waals surface area contributed by atoms with Crippen LogP contribution in [0.4, 0.5) is 0 Å². The first-order valence-corrected chi connectivity index (χ1v) is 9.32. The molecule has 2 heterocycles. The zero-order valence-corrected chi connectivity index (χ0v) is 16.0. The molecule has 4 aromatic rings. The fraction of sp³-hybridized carbons (Fsp3) is 0.227. The number of hydrogen-bond donors (Lipinski definition) is 1. The molecule has 4 rings (SSSR count). The van der Waals surface area contributed by atoms with Crippen LogP contribution < -0.4 is 5.32 Å². The van der Waals surface area contributed by atoms with Crippen molar-refractivity contribution in [3.05, 3.63) is 71.9 Å². The smallest absolute Gasteiger partial charge is 0.226 e. The van der Waals surface area contributed by atoms with Gasteiger partial charge in [0.15, 0.2) is 0 Å². The van der Waals surface area contributed by atoms with E-state index in [1.165, 1.54) is 0 Å². The SMILES string of the molecule is Cc1oc(-c2ccccc2)nc1CC(=O)NCCn1c(C)nc2ccccc21. The molecule has 6 heteroatoms. The number of carbonyl (C=O) groups is 1. The van der Waals surface area contributed by atoms with Crippen LogP contribution in [0.5, 0.6) is 0 Å². The first-order chi connectivity index (χ1) is 13.6. The number of para-hydroxylation sites is 2. The molecule has 1 amide bonds. The molecule has 0 aliphatic rings. The van der Waals surface area contributed by atoms with E-state index in [4.69, 9.17) is 4.42 Å². The zero-order valence-electron chi connectivity index (χ0n) is 16.0. The van der Waals surface area contributed by atoms with Crippen LogP contribution in [0.3, 0.4) is 0 Å². The molecule has 0 fully saturated rings. The Morgan fingerprint density at radius 3 is 2.61 bits per heavy atom. The van der Waals surface area contributed by atoms with Gasteiger partial charge in [-0.2, -0.15) is 0 Å². The van der Waals surface area contributed by atoms with Crippen LogP contribution in [0.15, 0.2) is 59.0 Å². The minimum atomic E-state index is -0.0712. The van der Waals surface area contributed by atoms with Crippen molar-refractivity contribution in [2.75, 3.05) is 6.54 Å². The number of nitrogens with zero attached hydrogens (tertiary/aromatic N) is 3. The monoisotopic (exact) mass is 374 g/mol. The summed E-state index contributed by atoms with van der Waals surface area (Å²) in [5.74, 6) is 2.08. The van der Waals surface area contributed by atoms with Crippen LogP contribution in [0.25, 0.3) is 22.5 Å². The molecular formula is C22H22N4O2. The fourth-order valence-electron chi connectivity index (χ4n) is 3.30. The van der Waals surface area contributed by atoms with Gasteiger partial charge in [-0.15, -0.1) is 0 Å². The van der Waals surface area contributed by atoms with Crippen LogP contribution in [-0.2, 0) is 17.8 Å². The molecular weight excluding hydrogens is 352 g/mol. The predicted molar refractivity (Wildman–Crippen MR) is 108 cm³/mol. The van der Waals surface area contributed by atoms with Gasteiger partial charge < -0.3 is 14.3 Å². The number of oxazole rings is 1. The summed E-state index contributed by atoms with van der Waals surface area (Å²) in [6.07, 6.45) is 0.200. The summed E-state index contributed by atoms with van der Waals surface area (Å²) in [6.45, 7) is 5.02. The summed E-state index contributed by atoms with van der Waals surface area (Å²) in [6, 6.07) is 17.7. The third-order valence-corrected chi connectivity index (χ3v) is 4.74. The van der Waals surface area contributed by atoms with Crippen LogP contribution in [0.1, 0.15) is 17.3 Å². The minimum Gasteiger partial charge on any atom is -0.441 e. The molecule has 6 nitrogen and oxygen atoms in total. The molecule has 0 radical (unpaired) electrons. The maximum atomic E-state index is 12.4. The number of imidazole rings is 1. The minimum absolute atomic E-state index is 0.0712. The molecule has 0 saturated carbocycles. The Bertz CT molecular complexity index is 1110. The van der Waals surface area contributed by atoms with E-state index in [0.29, 0.717) is 30.4 Å². The number of rotatable bonds is 6. The van der Waals surface area contributed by atoms with Crippen molar-refractivity contribution >= 4 is 16.9 Å². The van der Waals surface area contributed by atoms with Gasteiger partial charge in [0.05, 0.1) is 23.1 Å². The lowest BCUT2D eigenvalue weighted by molar-refractivity contribution is -0.120. The van der Waals surface area contributed by atoms with Crippen molar-refractivity contribution in [3.8, 4) is 11.5 Å².